The van der Waals surface area contributed by atoms with Gasteiger partial charge >= 0.3 is 0 Å². The van der Waals surface area contributed by atoms with Gasteiger partial charge in [0.25, 0.3) is 0 Å². The highest BCUT2D eigenvalue weighted by Crippen LogP contribution is 2.30. The molecule has 1 saturated carbocycles. The number of hydrogen-bond acceptors (Lipinski definition) is 4. The molecule has 72 valence electrons. The average molecular weight is 176 g/mol. The van der Waals surface area contributed by atoms with Crippen LogP contribution in [0.1, 0.15) is 13.3 Å². The van der Waals surface area contributed by atoms with E-state index in [4.69, 9.17) is 5.11 Å². The molecule has 0 saturated heterocycles. The van der Waals surface area contributed by atoms with Gasteiger partial charge in [-0.2, -0.15) is 0 Å². The van der Waals surface area contributed by atoms with Crippen molar-refractivity contribution in [3.8, 4) is 0 Å². The summed E-state index contributed by atoms with van der Waals surface area (Å²) in [6.45, 7) is 1.70. The highest BCUT2D eigenvalue weighted by atomic mass is 16.4. The summed E-state index contributed by atoms with van der Waals surface area (Å²) in [5.41, 5.74) is 0. The first kappa shape index (κ1) is 9.92. The molecular weight excluding hydrogens is 160 g/mol. The molecule has 0 bridgehead atoms. The molecule has 1 fully saturated rings. The van der Waals surface area contributed by atoms with Gasteiger partial charge in [0.15, 0.2) is 0 Å². The normalized spacial score (nSPS) is 49.2. The highest BCUT2D eigenvalue weighted by Gasteiger charge is 2.40. The lowest BCUT2D eigenvalue weighted by Gasteiger charge is -2.38. The van der Waals surface area contributed by atoms with Crippen LogP contribution < -0.4 is 0 Å². The quantitative estimate of drug-likeness (QED) is 0.401. The van der Waals surface area contributed by atoms with Crippen molar-refractivity contribution in [3.63, 3.8) is 0 Å². The Balaban J connectivity index is 2.65. The van der Waals surface area contributed by atoms with Crippen molar-refractivity contribution < 1.29 is 20.4 Å². The van der Waals surface area contributed by atoms with Crippen LogP contribution in [0.15, 0.2) is 0 Å². The van der Waals surface area contributed by atoms with E-state index in [0.29, 0.717) is 6.42 Å². The predicted octanol–water partition coefficient (Wildman–Crippen LogP) is -1.28. The number of aliphatic hydroxyl groups excluding tert-OH is 4. The van der Waals surface area contributed by atoms with Crippen LogP contribution in [-0.2, 0) is 0 Å². The van der Waals surface area contributed by atoms with Crippen LogP contribution in [0.5, 0.6) is 0 Å². The van der Waals surface area contributed by atoms with Crippen molar-refractivity contribution in [2.45, 2.75) is 31.7 Å². The predicted molar refractivity (Wildman–Crippen MR) is 42.4 cm³/mol. The lowest BCUT2D eigenvalue weighted by atomic mass is 9.76. The number of aliphatic hydroxyl groups is 4. The van der Waals surface area contributed by atoms with E-state index in [1.54, 1.807) is 0 Å². The maximum Gasteiger partial charge on any atom is 0.106 e. The van der Waals surface area contributed by atoms with Crippen LogP contribution in [0.2, 0.25) is 0 Å². The maximum atomic E-state index is 9.41. The van der Waals surface area contributed by atoms with Gasteiger partial charge in [-0.25, -0.2) is 0 Å². The van der Waals surface area contributed by atoms with Crippen molar-refractivity contribution in [1.29, 1.82) is 0 Å². The molecule has 4 heteroatoms. The molecule has 1 aliphatic carbocycles. The first-order valence-electron chi connectivity index (χ1n) is 4.23. The second kappa shape index (κ2) is 3.70. The largest absolute Gasteiger partial charge is 0.396 e. The van der Waals surface area contributed by atoms with E-state index in [9.17, 15) is 15.3 Å². The van der Waals surface area contributed by atoms with Gasteiger partial charge in [-0.05, 0) is 12.3 Å². The van der Waals surface area contributed by atoms with E-state index >= 15 is 0 Å². The van der Waals surface area contributed by atoms with E-state index in [0.717, 1.165) is 0 Å². The highest BCUT2D eigenvalue weighted by molar-refractivity contribution is 4.90. The molecule has 0 heterocycles. The molecular formula is C8H16O4. The molecule has 1 aliphatic rings. The Morgan fingerprint density at radius 3 is 2.25 bits per heavy atom. The van der Waals surface area contributed by atoms with E-state index < -0.39 is 18.3 Å². The van der Waals surface area contributed by atoms with Crippen molar-refractivity contribution in [2.75, 3.05) is 6.61 Å². The van der Waals surface area contributed by atoms with Crippen LogP contribution in [0.4, 0.5) is 0 Å². The fraction of sp³-hybridized carbons (Fsp3) is 1.00. The Labute approximate surface area is 71.5 Å². The molecule has 0 spiro atoms. The monoisotopic (exact) mass is 176 g/mol. The molecule has 0 amide bonds. The van der Waals surface area contributed by atoms with E-state index in [1.165, 1.54) is 0 Å². The fourth-order valence-corrected chi connectivity index (χ4v) is 1.80. The van der Waals surface area contributed by atoms with E-state index in [-0.39, 0.29) is 18.4 Å². The second-order valence-electron chi connectivity index (χ2n) is 3.61. The molecule has 5 atom stereocenters. The molecule has 0 aromatic heterocycles. The van der Waals surface area contributed by atoms with Crippen molar-refractivity contribution in [2.24, 2.45) is 11.8 Å². The van der Waals surface area contributed by atoms with Crippen LogP contribution in [-0.4, -0.2) is 45.3 Å². The Kier molecular flexibility index (Phi) is 3.06. The van der Waals surface area contributed by atoms with Crippen LogP contribution in [0.3, 0.4) is 0 Å². The Morgan fingerprint density at radius 2 is 1.75 bits per heavy atom. The van der Waals surface area contributed by atoms with Crippen molar-refractivity contribution in [1.82, 2.24) is 0 Å². The summed E-state index contributed by atoms with van der Waals surface area (Å²) < 4.78 is 0. The Hall–Kier alpha value is -0.160. The summed E-state index contributed by atoms with van der Waals surface area (Å²) in [4.78, 5) is 0. The van der Waals surface area contributed by atoms with Gasteiger partial charge in [0.2, 0.25) is 0 Å². The minimum Gasteiger partial charge on any atom is -0.396 e. The zero-order chi connectivity index (χ0) is 9.30. The van der Waals surface area contributed by atoms with Gasteiger partial charge in [-0.1, -0.05) is 6.92 Å². The summed E-state index contributed by atoms with van der Waals surface area (Å²) in [5, 5.41) is 36.8. The smallest absolute Gasteiger partial charge is 0.106 e. The topological polar surface area (TPSA) is 80.9 Å². The summed E-state index contributed by atoms with van der Waals surface area (Å²) in [6, 6.07) is 0. The van der Waals surface area contributed by atoms with Gasteiger partial charge in [-0.15, -0.1) is 0 Å². The molecule has 0 radical (unpaired) electrons. The minimum atomic E-state index is -1.11. The zero-order valence-corrected chi connectivity index (χ0v) is 7.09. The second-order valence-corrected chi connectivity index (χ2v) is 3.61. The Bertz CT molecular complexity index is 150. The molecule has 12 heavy (non-hydrogen) atoms. The summed E-state index contributed by atoms with van der Waals surface area (Å²) >= 11 is 0. The lowest BCUT2D eigenvalue weighted by molar-refractivity contribution is -0.135. The molecule has 1 rings (SSSR count). The Morgan fingerprint density at radius 1 is 1.17 bits per heavy atom. The zero-order valence-electron chi connectivity index (χ0n) is 7.09. The van der Waals surface area contributed by atoms with Gasteiger partial charge < -0.3 is 20.4 Å². The summed E-state index contributed by atoms with van der Waals surface area (Å²) in [6.07, 6.45) is -2.55. The third-order valence-corrected chi connectivity index (χ3v) is 2.74. The molecule has 3 unspecified atom stereocenters. The lowest BCUT2D eigenvalue weighted by Crippen LogP contribution is -2.50. The van der Waals surface area contributed by atoms with Crippen molar-refractivity contribution in [3.05, 3.63) is 0 Å². The maximum absolute atomic E-state index is 9.41. The van der Waals surface area contributed by atoms with Gasteiger partial charge in [-0.3, -0.25) is 0 Å². The summed E-state index contributed by atoms with van der Waals surface area (Å²) in [7, 11) is 0. The first-order valence-corrected chi connectivity index (χ1v) is 4.23. The van der Waals surface area contributed by atoms with Gasteiger partial charge in [0.1, 0.15) is 6.10 Å². The SMILES string of the molecule is CC1CC(O)[C@@H](O)[C@H](O)C1CO. The third kappa shape index (κ3) is 1.61. The van der Waals surface area contributed by atoms with Crippen LogP contribution >= 0.6 is 0 Å². The number of hydrogen-bond donors (Lipinski definition) is 4. The number of rotatable bonds is 1. The first-order chi connectivity index (χ1) is 5.57. The van der Waals surface area contributed by atoms with Crippen LogP contribution in [0, 0.1) is 11.8 Å². The molecule has 4 N–H and O–H groups in total. The molecule has 4 nitrogen and oxygen atoms in total. The minimum absolute atomic E-state index is 0.0448. The van der Waals surface area contributed by atoms with E-state index in [2.05, 4.69) is 0 Å². The third-order valence-electron chi connectivity index (χ3n) is 2.74. The average Bonchev–Trinajstić information content (AvgIpc) is 2.01. The standard InChI is InChI=1S/C8H16O4/c1-4-2-6(10)8(12)7(11)5(4)3-9/h4-12H,2-3H2,1H3/t4?,5?,6?,7-,8-/m1/s1. The molecule has 0 aromatic rings. The fourth-order valence-electron chi connectivity index (χ4n) is 1.80. The summed E-state index contributed by atoms with van der Waals surface area (Å²) in [5.74, 6) is -0.271. The van der Waals surface area contributed by atoms with E-state index in [1.807, 2.05) is 6.92 Å². The van der Waals surface area contributed by atoms with Gasteiger partial charge in [0.05, 0.1) is 12.2 Å². The molecule has 0 aromatic carbocycles. The molecule has 0 aliphatic heterocycles. The van der Waals surface area contributed by atoms with Crippen LogP contribution in [0.25, 0.3) is 0 Å². The van der Waals surface area contributed by atoms with Crippen molar-refractivity contribution >= 4 is 0 Å². The van der Waals surface area contributed by atoms with Gasteiger partial charge in [0, 0.05) is 12.5 Å².